The molecule has 25 heavy (non-hydrogen) atoms. The van der Waals surface area contributed by atoms with Crippen LogP contribution in [0.15, 0.2) is 58.4 Å². The molecule has 9 heteroatoms. The second-order valence-corrected chi connectivity index (χ2v) is 6.32. The number of hydrogen-bond donors (Lipinski definition) is 1. The molecule has 0 unspecified atom stereocenters. The van der Waals surface area contributed by atoms with E-state index in [4.69, 9.17) is 0 Å². The largest absolute Gasteiger partial charge is 0.438 e. The molecule has 5 nitrogen and oxygen atoms in total. The number of amides is 1. The van der Waals surface area contributed by atoms with Crippen LogP contribution in [0, 0.1) is 0 Å². The molecule has 0 spiro atoms. The lowest BCUT2D eigenvalue weighted by molar-refractivity contribution is -0.297. The summed E-state index contributed by atoms with van der Waals surface area (Å²) >= 11 is 3.18. The van der Waals surface area contributed by atoms with Crippen molar-refractivity contribution in [2.75, 3.05) is 0 Å². The minimum absolute atomic E-state index is 0.0259. The van der Waals surface area contributed by atoms with Crippen LogP contribution in [0.1, 0.15) is 22.3 Å². The van der Waals surface area contributed by atoms with Crippen molar-refractivity contribution in [1.29, 1.82) is 0 Å². The van der Waals surface area contributed by atoms with Gasteiger partial charge in [-0.1, -0.05) is 22.0 Å². The lowest BCUT2D eigenvalue weighted by atomic mass is 10.0. The number of hydrazone groups is 1. The molecule has 2 aromatic rings. The van der Waals surface area contributed by atoms with E-state index in [1.165, 1.54) is 48.8 Å². The number of alkyl halides is 3. The van der Waals surface area contributed by atoms with Crippen molar-refractivity contribution in [2.24, 2.45) is 5.10 Å². The zero-order valence-corrected chi connectivity index (χ0v) is 14.1. The highest BCUT2D eigenvalue weighted by atomic mass is 79.9. The molecule has 1 atom stereocenters. The maximum absolute atomic E-state index is 13.5. The van der Waals surface area contributed by atoms with Gasteiger partial charge in [-0.3, -0.25) is 9.78 Å². The summed E-state index contributed by atoms with van der Waals surface area (Å²) in [6.07, 6.45) is -3.17. The number of carbonyl (C=O) groups excluding carboxylic acids is 1. The van der Waals surface area contributed by atoms with E-state index in [-0.39, 0.29) is 16.3 Å². The van der Waals surface area contributed by atoms with E-state index < -0.39 is 24.2 Å². The molecule has 1 aliphatic heterocycles. The maximum Gasteiger partial charge on any atom is 0.438 e. The SMILES string of the molecule is O=C(c1ccc(Br)cc1)N1N=C(c2cccnc2)C[C@@]1(O)C(F)(F)F. The Bertz CT molecular complexity index is 825. The molecule has 1 amide bonds. The van der Waals surface area contributed by atoms with Crippen LogP contribution < -0.4 is 0 Å². The summed E-state index contributed by atoms with van der Waals surface area (Å²) in [5.74, 6) is -1.05. The van der Waals surface area contributed by atoms with Gasteiger partial charge in [0.15, 0.2) is 0 Å². The van der Waals surface area contributed by atoms with E-state index in [9.17, 15) is 23.1 Å². The molecule has 1 aliphatic rings. The molecule has 1 aromatic heterocycles. The van der Waals surface area contributed by atoms with E-state index in [0.29, 0.717) is 10.0 Å². The second-order valence-electron chi connectivity index (χ2n) is 5.40. The van der Waals surface area contributed by atoms with Crippen LogP contribution in [-0.2, 0) is 0 Å². The summed E-state index contributed by atoms with van der Waals surface area (Å²) in [7, 11) is 0. The number of rotatable bonds is 2. The number of halogens is 4. The van der Waals surface area contributed by atoms with Crippen molar-refractivity contribution < 1.29 is 23.1 Å². The molecule has 0 fully saturated rings. The molecule has 2 heterocycles. The molecular weight excluding hydrogens is 403 g/mol. The van der Waals surface area contributed by atoms with Crippen LogP contribution in [0.5, 0.6) is 0 Å². The van der Waals surface area contributed by atoms with Crippen LogP contribution >= 0.6 is 15.9 Å². The Morgan fingerprint density at radius 2 is 1.92 bits per heavy atom. The van der Waals surface area contributed by atoms with Crippen molar-refractivity contribution >= 4 is 27.5 Å². The molecule has 0 radical (unpaired) electrons. The number of carbonyl (C=O) groups is 1. The average Bonchev–Trinajstić information content (AvgIpc) is 2.95. The highest BCUT2D eigenvalue weighted by Gasteiger charge is 2.63. The van der Waals surface area contributed by atoms with Gasteiger partial charge in [-0.2, -0.15) is 23.3 Å². The first-order chi connectivity index (χ1) is 11.7. The van der Waals surface area contributed by atoms with Gasteiger partial charge in [-0.15, -0.1) is 0 Å². The zero-order chi connectivity index (χ0) is 18.2. The van der Waals surface area contributed by atoms with Gasteiger partial charge >= 0.3 is 6.18 Å². The van der Waals surface area contributed by atoms with Crippen LogP contribution in [0.4, 0.5) is 13.2 Å². The normalized spacial score (nSPS) is 20.5. The van der Waals surface area contributed by atoms with Crippen LogP contribution in [-0.4, -0.2) is 38.6 Å². The monoisotopic (exact) mass is 413 g/mol. The van der Waals surface area contributed by atoms with Gasteiger partial charge in [0, 0.05) is 28.0 Å². The van der Waals surface area contributed by atoms with Gasteiger partial charge in [-0.05, 0) is 30.3 Å². The molecule has 0 saturated heterocycles. The number of hydrogen-bond acceptors (Lipinski definition) is 4. The highest BCUT2D eigenvalue weighted by Crippen LogP contribution is 2.41. The summed E-state index contributed by atoms with van der Waals surface area (Å²) in [5.41, 5.74) is -3.21. The van der Waals surface area contributed by atoms with E-state index in [2.05, 4.69) is 26.0 Å². The fraction of sp³-hybridized carbons (Fsp3) is 0.188. The Labute approximate surface area is 148 Å². The number of benzene rings is 1. The van der Waals surface area contributed by atoms with Gasteiger partial charge < -0.3 is 5.11 Å². The highest BCUT2D eigenvalue weighted by molar-refractivity contribution is 9.10. The Hall–Kier alpha value is -2.26. The molecule has 3 rings (SSSR count). The van der Waals surface area contributed by atoms with E-state index in [1.807, 2.05) is 0 Å². The quantitative estimate of drug-likeness (QED) is 0.820. The van der Waals surface area contributed by atoms with Gasteiger partial charge in [0.05, 0.1) is 12.1 Å². The summed E-state index contributed by atoms with van der Waals surface area (Å²) in [4.78, 5) is 16.3. The standard InChI is InChI=1S/C16H11BrF3N3O2/c17-12-5-3-10(4-6-12)14(24)23-15(25,16(18,19)20)8-13(22-23)11-2-1-7-21-9-11/h1-7,9,25H,8H2/t15-/m1/s1. The lowest BCUT2D eigenvalue weighted by Crippen LogP contribution is -2.56. The number of pyridine rings is 1. The third-order valence-corrected chi connectivity index (χ3v) is 4.25. The summed E-state index contributed by atoms with van der Waals surface area (Å²) in [5, 5.41) is 14.1. The number of aromatic nitrogens is 1. The molecular formula is C16H11BrF3N3O2. The van der Waals surface area contributed by atoms with Crippen molar-refractivity contribution in [1.82, 2.24) is 9.99 Å². The fourth-order valence-corrected chi connectivity index (χ4v) is 2.65. The van der Waals surface area contributed by atoms with Gasteiger partial charge in [-0.25, -0.2) is 0 Å². The van der Waals surface area contributed by atoms with E-state index in [0.717, 1.165) is 0 Å². The Morgan fingerprint density at radius 3 is 2.48 bits per heavy atom. The second kappa shape index (κ2) is 6.23. The molecule has 1 N–H and O–H groups in total. The fourth-order valence-electron chi connectivity index (χ4n) is 2.39. The smallest absolute Gasteiger partial charge is 0.362 e. The first-order valence-corrected chi connectivity index (χ1v) is 7.89. The van der Waals surface area contributed by atoms with Crippen LogP contribution in [0.2, 0.25) is 0 Å². The topological polar surface area (TPSA) is 65.8 Å². The van der Waals surface area contributed by atoms with Gasteiger partial charge in [0.1, 0.15) is 0 Å². The first-order valence-electron chi connectivity index (χ1n) is 7.09. The molecule has 0 saturated carbocycles. The lowest BCUT2D eigenvalue weighted by Gasteiger charge is -2.32. The van der Waals surface area contributed by atoms with Crippen LogP contribution in [0.3, 0.4) is 0 Å². The predicted molar refractivity (Wildman–Crippen MR) is 86.7 cm³/mol. The minimum atomic E-state index is -5.08. The summed E-state index contributed by atoms with van der Waals surface area (Å²) < 4.78 is 41.1. The average molecular weight is 414 g/mol. The van der Waals surface area contributed by atoms with E-state index >= 15 is 0 Å². The van der Waals surface area contributed by atoms with Crippen molar-refractivity contribution in [3.63, 3.8) is 0 Å². The summed E-state index contributed by atoms with van der Waals surface area (Å²) in [6, 6.07) is 8.77. The maximum atomic E-state index is 13.5. The number of nitrogens with zero attached hydrogens (tertiary/aromatic N) is 3. The van der Waals surface area contributed by atoms with Gasteiger partial charge in [0.25, 0.3) is 11.6 Å². The van der Waals surface area contributed by atoms with E-state index in [1.54, 1.807) is 0 Å². The predicted octanol–water partition coefficient (Wildman–Crippen LogP) is 3.35. The summed E-state index contributed by atoms with van der Waals surface area (Å²) in [6.45, 7) is 0. The molecule has 1 aromatic carbocycles. The Morgan fingerprint density at radius 1 is 1.24 bits per heavy atom. The minimum Gasteiger partial charge on any atom is -0.362 e. The number of aliphatic hydroxyl groups is 1. The van der Waals surface area contributed by atoms with Crippen molar-refractivity contribution in [3.8, 4) is 0 Å². The zero-order valence-electron chi connectivity index (χ0n) is 12.5. The van der Waals surface area contributed by atoms with Gasteiger partial charge in [0.2, 0.25) is 0 Å². The van der Waals surface area contributed by atoms with Crippen molar-refractivity contribution in [2.45, 2.75) is 18.3 Å². The molecule has 0 bridgehead atoms. The Kier molecular flexibility index (Phi) is 4.38. The third-order valence-electron chi connectivity index (χ3n) is 3.72. The first kappa shape index (κ1) is 17.6. The van der Waals surface area contributed by atoms with Crippen LogP contribution in [0.25, 0.3) is 0 Å². The Balaban J connectivity index is 2.04. The van der Waals surface area contributed by atoms with Crippen molar-refractivity contribution in [3.05, 3.63) is 64.4 Å². The molecule has 0 aliphatic carbocycles. The molecule has 130 valence electrons. The third kappa shape index (κ3) is 3.16.